The molecule has 2 rings (SSSR count). The molecule has 0 amide bonds. The first-order valence-corrected chi connectivity index (χ1v) is 7.06. The number of nitrogens with zero attached hydrogens (tertiary/aromatic N) is 2. The lowest BCUT2D eigenvalue weighted by Gasteiger charge is -2.43. The zero-order valence-corrected chi connectivity index (χ0v) is 11.9. The van der Waals surface area contributed by atoms with Crippen molar-refractivity contribution in [3.63, 3.8) is 0 Å². The van der Waals surface area contributed by atoms with Crippen molar-refractivity contribution < 1.29 is 0 Å². The zero-order chi connectivity index (χ0) is 13.0. The van der Waals surface area contributed by atoms with Crippen LogP contribution < -0.4 is 5.32 Å². The molecular weight excluding hydrogens is 222 g/mol. The van der Waals surface area contributed by atoms with Gasteiger partial charge in [0.2, 0.25) is 0 Å². The molecule has 0 aromatic carbocycles. The Labute approximate surface area is 111 Å². The summed E-state index contributed by atoms with van der Waals surface area (Å²) in [6, 6.07) is 2.15. The van der Waals surface area contributed by atoms with Gasteiger partial charge in [-0.1, -0.05) is 13.8 Å². The number of pyridine rings is 1. The van der Waals surface area contributed by atoms with Gasteiger partial charge in [-0.2, -0.15) is 0 Å². The summed E-state index contributed by atoms with van der Waals surface area (Å²) in [6.07, 6.45) is 6.27. The number of aromatic nitrogens is 1. The van der Waals surface area contributed by atoms with E-state index in [0.29, 0.717) is 5.54 Å². The Morgan fingerprint density at radius 1 is 1.39 bits per heavy atom. The van der Waals surface area contributed by atoms with E-state index in [1.165, 1.54) is 24.0 Å². The van der Waals surface area contributed by atoms with E-state index in [-0.39, 0.29) is 0 Å². The van der Waals surface area contributed by atoms with Gasteiger partial charge in [0.1, 0.15) is 0 Å². The molecule has 1 aromatic heterocycles. The molecule has 1 aliphatic heterocycles. The quantitative estimate of drug-likeness (QED) is 0.885. The topological polar surface area (TPSA) is 28.2 Å². The van der Waals surface area contributed by atoms with Crippen LogP contribution in [-0.4, -0.2) is 35.1 Å². The molecular formula is C15H25N3. The van der Waals surface area contributed by atoms with Crippen molar-refractivity contribution in [1.29, 1.82) is 0 Å². The highest BCUT2D eigenvalue weighted by molar-refractivity contribution is 5.21. The molecule has 0 aliphatic carbocycles. The van der Waals surface area contributed by atoms with Crippen molar-refractivity contribution in [1.82, 2.24) is 15.2 Å². The Morgan fingerprint density at radius 2 is 2.17 bits per heavy atom. The van der Waals surface area contributed by atoms with Gasteiger partial charge in [-0.05, 0) is 37.0 Å². The highest BCUT2D eigenvalue weighted by Crippen LogP contribution is 2.21. The highest BCUT2D eigenvalue weighted by atomic mass is 15.2. The Morgan fingerprint density at radius 3 is 2.83 bits per heavy atom. The van der Waals surface area contributed by atoms with E-state index in [0.717, 1.165) is 26.2 Å². The summed E-state index contributed by atoms with van der Waals surface area (Å²) in [5, 5.41) is 3.71. The summed E-state index contributed by atoms with van der Waals surface area (Å²) in [5.41, 5.74) is 3.03. The number of hydrogen-bond donors (Lipinski definition) is 1. The van der Waals surface area contributed by atoms with Crippen LogP contribution in [0.3, 0.4) is 0 Å². The molecule has 2 heterocycles. The van der Waals surface area contributed by atoms with Gasteiger partial charge < -0.3 is 5.32 Å². The minimum atomic E-state index is 0.319. The predicted molar refractivity (Wildman–Crippen MR) is 75.6 cm³/mol. The van der Waals surface area contributed by atoms with Crippen LogP contribution in [0.1, 0.15) is 37.8 Å². The van der Waals surface area contributed by atoms with Gasteiger partial charge in [-0.25, -0.2) is 0 Å². The number of nitrogens with one attached hydrogen (secondary N) is 1. The Bertz CT molecular complexity index is 385. The van der Waals surface area contributed by atoms with Gasteiger partial charge in [0.15, 0.2) is 0 Å². The molecule has 0 atom stereocenters. The second-order valence-corrected chi connectivity index (χ2v) is 5.43. The third kappa shape index (κ3) is 2.90. The van der Waals surface area contributed by atoms with Gasteiger partial charge in [0.05, 0.1) is 0 Å². The SMILES string of the molecule is CCC1(CC)CN(Cc2ccncc2C)CCN1. The van der Waals surface area contributed by atoms with Gasteiger partial charge in [0.25, 0.3) is 0 Å². The van der Waals surface area contributed by atoms with Gasteiger partial charge in [-0.15, -0.1) is 0 Å². The minimum Gasteiger partial charge on any atom is -0.309 e. The molecule has 18 heavy (non-hydrogen) atoms. The standard InChI is InChI=1S/C15H25N3/c1-4-15(5-2)12-18(9-8-17-15)11-14-6-7-16-10-13(14)3/h6-7,10,17H,4-5,8-9,11-12H2,1-3H3. The molecule has 3 nitrogen and oxygen atoms in total. The van der Waals surface area contributed by atoms with Crippen LogP contribution >= 0.6 is 0 Å². The molecule has 3 heteroatoms. The summed E-state index contributed by atoms with van der Waals surface area (Å²) < 4.78 is 0. The van der Waals surface area contributed by atoms with Crippen molar-refractivity contribution in [2.75, 3.05) is 19.6 Å². The zero-order valence-electron chi connectivity index (χ0n) is 11.9. The smallest absolute Gasteiger partial charge is 0.0304 e. The van der Waals surface area contributed by atoms with E-state index in [1.54, 1.807) is 0 Å². The van der Waals surface area contributed by atoms with E-state index in [9.17, 15) is 0 Å². The van der Waals surface area contributed by atoms with Crippen molar-refractivity contribution in [3.05, 3.63) is 29.6 Å². The van der Waals surface area contributed by atoms with Crippen molar-refractivity contribution in [3.8, 4) is 0 Å². The van der Waals surface area contributed by atoms with E-state index < -0.39 is 0 Å². The fourth-order valence-corrected chi connectivity index (χ4v) is 2.82. The van der Waals surface area contributed by atoms with Crippen LogP contribution in [0.2, 0.25) is 0 Å². The lowest BCUT2D eigenvalue weighted by atomic mass is 9.90. The minimum absolute atomic E-state index is 0.319. The van der Waals surface area contributed by atoms with E-state index in [4.69, 9.17) is 0 Å². The lowest BCUT2D eigenvalue weighted by Crippen LogP contribution is -2.59. The first-order valence-electron chi connectivity index (χ1n) is 7.06. The molecule has 0 spiro atoms. The molecule has 0 radical (unpaired) electrons. The fourth-order valence-electron chi connectivity index (χ4n) is 2.82. The molecule has 0 saturated carbocycles. The third-order valence-corrected chi connectivity index (χ3v) is 4.34. The van der Waals surface area contributed by atoms with Gasteiger partial charge in [-0.3, -0.25) is 9.88 Å². The van der Waals surface area contributed by atoms with E-state index in [2.05, 4.69) is 42.0 Å². The summed E-state index contributed by atoms with van der Waals surface area (Å²) in [5.74, 6) is 0. The highest BCUT2D eigenvalue weighted by Gasteiger charge is 2.31. The molecule has 1 aliphatic rings. The maximum absolute atomic E-state index is 4.17. The second-order valence-electron chi connectivity index (χ2n) is 5.43. The normalized spacial score (nSPS) is 19.9. The van der Waals surface area contributed by atoms with Crippen LogP contribution in [0, 0.1) is 6.92 Å². The molecule has 1 saturated heterocycles. The summed E-state index contributed by atoms with van der Waals surface area (Å²) in [7, 11) is 0. The average Bonchev–Trinajstić information content (AvgIpc) is 2.41. The van der Waals surface area contributed by atoms with Crippen LogP contribution in [0.5, 0.6) is 0 Å². The fraction of sp³-hybridized carbons (Fsp3) is 0.667. The Hall–Kier alpha value is -0.930. The van der Waals surface area contributed by atoms with Crippen LogP contribution in [-0.2, 0) is 6.54 Å². The number of aryl methyl sites for hydroxylation is 1. The van der Waals surface area contributed by atoms with Gasteiger partial charge in [0, 0.05) is 44.1 Å². The molecule has 0 unspecified atom stereocenters. The largest absolute Gasteiger partial charge is 0.309 e. The molecule has 100 valence electrons. The Balaban J connectivity index is 2.04. The van der Waals surface area contributed by atoms with E-state index in [1.807, 2.05) is 12.4 Å². The molecule has 1 N–H and O–H groups in total. The Kier molecular flexibility index (Phi) is 4.36. The van der Waals surface area contributed by atoms with Crippen LogP contribution in [0.25, 0.3) is 0 Å². The summed E-state index contributed by atoms with van der Waals surface area (Å²) in [6.45, 7) is 11.2. The van der Waals surface area contributed by atoms with Crippen LogP contribution in [0.4, 0.5) is 0 Å². The molecule has 1 aromatic rings. The monoisotopic (exact) mass is 247 g/mol. The van der Waals surface area contributed by atoms with Gasteiger partial charge >= 0.3 is 0 Å². The third-order valence-electron chi connectivity index (χ3n) is 4.34. The first kappa shape index (κ1) is 13.5. The second kappa shape index (κ2) is 5.81. The first-order chi connectivity index (χ1) is 8.69. The maximum Gasteiger partial charge on any atom is 0.0304 e. The summed E-state index contributed by atoms with van der Waals surface area (Å²) in [4.78, 5) is 6.74. The predicted octanol–water partition coefficient (Wildman–Crippen LogP) is 2.35. The van der Waals surface area contributed by atoms with Crippen molar-refractivity contribution >= 4 is 0 Å². The number of hydrogen-bond acceptors (Lipinski definition) is 3. The number of piperazine rings is 1. The van der Waals surface area contributed by atoms with Crippen molar-refractivity contribution in [2.24, 2.45) is 0 Å². The maximum atomic E-state index is 4.17. The van der Waals surface area contributed by atoms with Crippen LogP contribution in [0.15, 0.2) is 18.5 Å². The lowest BCUT2D eigenvalue weighted by molar-refractivity contribution is 0.118. The summed E-state index contributed by atoms with van der Waals surface area (Å²) >= 11 is 0. The average molecular weight is 247 g/mol. The molecule has 1 fully saturated rings. The molecule has 0 bridgehead atoms. The van der Waals surface area contributed by atoms with Crippen molar-refractivity contribution in [2.45, 2.75) is 45.7 Å². The van der Waals surface area contributed by atoms with E-state index >= 15 is 0 Å². The number of rotatable bonds is 4.